The van der Waals surface area contributed by atoms with Gasteiger partial charge in [0.1, 0.15) is 18.3 Å². The van der Waals surface area contributed by atoms with E-state index in [4.69, 9.17) is 19.9 Å². The summed E-state index contributed by atoms with van der Waals surface area (Å²) < 4.78 is 16.3. The second-order valence-electron chi connectivity index (χ2n) is 4.16. The molecule has 2 heterocycles. The quantitative estimate of drug-likeness (QED) is 0.339. The Labute approximate surface area is 108 Å². The molecule has 0 aliphatic carbocycles. The summed E-state index contributed by atoms with van der Waals surface area (Å²) >= 11 is 0. The van der Waals surface area contributed by atoms with Crippen LogP contribution in [-0.4, -0.2) is 61.9 Å². The Morgan fingerprint density at radius 2 is 2.00 bits per heavy atom. The summed E-state index contributed by atoms with van der Waals surface area (Å²) in [4.78, 5) is 25.2. The molecule has 19 heavy (non-hydrogen) atoms. The molecule has 0 bridgehead atoms. The largest absolute Gasteiger partial charge is 0.371 e. The predicted octanol–water partition coefficient (Wildman–Crippen LogP) is -1.59. The molecule has 0 aromatic heterocycles. The van der Waals surface area contributed by atoms with Crippen molar-refractivity contribution < 1.29 is 28.9 Å². The first-order valence-electron chi connectivity index (χ1n) is 5.77. The van der Waals surface area contributed by atoms with Gasteiger partial charge in [0.05, 0.1) is 19.8 Å². The van der Waals surface area contributed by atoms with Gasteiger partial charge < -0.3 is 30.1 Å². The molecule has 2 aliphatic rings. The van der Waals surface area contributed by atoms with Crippen LogP contribution in [0.5, 0.6) is 0 Å². The van der Waals surface area contributed by atoms with Crippen LogP contribution in [-0.2, 0) is 19.0 Å². The van der Waals surface area contributed by atoms with Gasteiger partial charge >= 0.3 is 6.03 Å². The number of primary amides is 1. The molecule has 0 aromatic rings. The third kappa shape index (κ3) is 3.43. The minimum atomic E-state index is -0.856. The topological polar surface area (TPSA) is 135 Å². The SMILES string of the molecule is NC(=O)NCCO[C@H]1CO[C@H]2[C@@H]1OC[C@H]2O[N+](=O)[O-]. The van der Waals surface area contributed by atoms with Crippen LogP contribution < -0.4 is 11.1 Å². The summed E-state index contributed by atoms with van der Waals surface area (Å²) in [6.45, 7) is 0.890. The van der Waals surface area contributed by atoms with Crippen LogP contribution in [0.3, 0.4) is 0 Å². The van der Waals surface area contributed by atoms with Gasteiger partial charge in [-0.05, 0) is 0 Å². The van der Waals surface area contributed by atoms with Crippen molar-refractivity contribution in [3.63, 3.8) is 0 Å². The fourth-order valence-corrected chi connectivity index (χ4v) is 2.16. The van der Waals surface area contributed by atoms with Gasteiger partial charge in [0.2, 0.25) is 0 Å². The summed E-state index contributed by atoms with van der Waals surface area (Å²) in [5.41, 5.74) is 4.90. The molecule has 2 amide bonds. The molecule has 0 aromatic carbocycles. The third-order valence-electron chi connectivity index (χ3n) is 2.92. The molecule has 2 fully saturated rings. The van der Waals surface area contributed by atoms with Crippen molar-refractivity contribution in [1.82, 2.24) is 5.32 Å². The number of nitrogens with zero attached hydrogens (tertiary/aromatic N) is 1. The number of hydrogen-bond acceptors (Lipinski definition) is 7. The summed E-state index contributed by atoms with van der Waals surface area (Å²) in [5.74, 6) is 0. The maximum atomic E-state index is 10.4. The summed E-state index contributed by atoms with van der Waals surface area (Å²) in [6.07, 6.45) is -1.95. The van der Waals surface area contributed by atoms with Crippen LogP contribution in [0.2, 0.25) is 0 Å². The second kappa shape index (κ2) is 5.99. The zero-order chi connectivity index (χ0) is 13.8. The van der Waals surface area contributed by atoms with Gasteiger partial charge in [-0.25, -0.2) is 4.79 Å². The van der Waals surface area contributed by atoms with Gasteiger partial charge in [-0.3, -0.25) is 0 Å². The van der Waals surface area contributed by atoms with Gasteiger partial charge in [0, 0.05) is 6.54 Å². The molecule has 2 aliphatic heterocycles. The highest BCUT2D eigenvalue weighted by Crippen LogP contribution is 2.30. The van der Waals surface area contributed by atoms with E-state index < -0.39 is 29.4 Å². The van der Waals surface area contributed by atoms with Crippen molar-refractivity contribution >= 4 is 6.03 Å². The highest BCUT2D eigenvalue weighted by atomic mass is 17.0. The van der Waals surface area contributed by atoms with Gasteiger partial charge in [-0.1, -0.05) is 0 Å². The fraction of sp³-hybridized carbons (Fsp3) is 0.889. The van der Waals surface area contributed by atoms with E-state index in [1.165, 1.54) is 0 Å². The lowest BCUT2D eigenvalue weighted by atomic mass is 10.1. The number of carbonyl (C=O) groups is 1. The van der Waals surface area contributed by atoms with Crippen LogP contribution in [0, 0.1) is 10.1 Å². The number of amides is 2. The van der Waals surface area contributed by atoms with Crippen molar-refractivity contribution in [2.24, 2.45) is 5.73 Å². The van der Waals surface area contributed by atoms with E-state index in [-0.39, 0.29) is 32.5 Å². The monoisotopic (exact) mass is 277 g/mol. The highest BCUT2D eigenvalue weighted by molar-refractivity contribution is 5.71. The number of urea groups is 1. The molecule has 2 saturated heterocycles. The predicted molar refractivity (Wildman–Crippen MR) is 58.7 cm³/mol. The number of nitrogens with one attached hydrogen (secondary N) is 1. The molecule has 0 unspecified atom stereocenters. The van der Waals surface area contributed by atoms with Crippen LogP contribution >= 0.6 is 0 Å². The number of fused-ring (bicyclic) bond motifs is 1. The average Bonchev–Trinajstić information content (AvgIpc) is 2.88. The van der Waals surface area contributed by atoms with Gasteiger partial charge in [0.15, 0.2) is 6.10 Å². The zero-order valence-electron chi connectivity index (χ0n) is 10.0. The maximum absolute atomic E-state index is 10.4. The number of ether oxygens (including phenoxy) is 3. The molecular formula is C9H15N3O7. The Balaban J connectivity index is 1.74. The van der Waals surface area contributed by atoms with Crippen molar-refractivity contribution in [3.05, 3.63) is 10.1 Å². The Morgan fingerprint density at radius 1 is 1.37 bits per heavy atom. The first-order valence-corrected chi connectivity index (χ1v) is 5.77. The lowest BCUT2D eigenvalue weighted by Gasteiger charge is -2.16. The van der Waals surface area contributed by atoms with Gasteiger partial charge in [0.25, 0.3) is 5.09 Å². The molecule has 0 spiro atoms. The lowest BCUT2D eigenvalue weighted by Crippen LogP contribution is -2.37. The number of nitrogens with two attached hydrogens (primary N) is 1. The molecule has 0 saturated carbocycles. The number of rotatable bonds is 6. The Hall–Kier alpha value is -1.65. The van der Waals surface area contributed by atoms with Gasteiger partial charge in [-0.2, -0.15) is 0 Å². The minimum absolute atomic E-state index is 0.0930. The van der Waals surface area contributed by atoms with Crippen molar-refractivity contribution in [1.29, 1.82) is 0 Å². The van der Waals surface area contributed by atoms with E-state index in [0.717, 1.165) is 0 Å². The smallest absolute Gasteiger partial charge is 0.312 e. The van der Waals surface area contributed by atoms with Crippen molar-refractivity contribution in [2.45, 2.75) is 24.4 Å². The molecule has 2 rings (SSSR count). The average molecular weight is 277 g/mol. The number of carbonyl (C=O) groups excluding carboxylic acids is 1. The molecule has 10 heteroatoms. The Bertz CT molecular complexity index is 353. The van der Waals surface area contributed by atoms with E-state index in [2.05, 4.69) is 10.2 Å². The molecule has 3 N–H and O–H groups in total. The molecule has 0 radical (unpaired) electrons. The molecule has 10 nitrogen and oxygen atoms in total. The summed E-state index contributed by atoms with van der Waals surface area (Å²) in [6, 6.07) is -0.624. The molecule has 108 valence electrons. The van der Waals surface area contributed by atoms with Crippen LogP contribution in [0.1, 0.15) is 0 Å². The number of hydrogen-bond donors (Lipinski definition) is 2. The van der Waals surface area contributed by atoms with E-state index >= 15 is 0 Å². The van der Waals surface area contributed by atoms with Crippen LogP contribution in [0.4, 0.5) is 4.79 Å². The van der Waals surface area contributed by atoms with E-state index in [1.54, 1.807) is 0 Å². The normalized spacial score (nSPS) is 32.8. The van der Waals surface area contributed by atoms with Crippen molar-refractivity contribution in [2.75, 3.05) is 26.4 Å². The fourth-order valence-electron chi connectivity index (χ4n) is 2.16. The Morgan fingerprint density at radius 3 is 2.63 bits per heavy atom. The first kappa shape index (κ1) is 13.8. The Kier molecular flexibility index (Phi) is 4.35. The molecule has 4 atom stereocenters. The van der Waals surface area contributed by atoms with E-state index in [9.17, 15) is 14.9 Å². The zero-order valence-corrected chi connectivity index (χ0v) is 10.0. The summed E-state index contributed by atoms with van der Waals surface area (Å²) in [7, 11) is 0. The van der Waals surface area contributed by atoms with Crippen LogP contribution in [0.25, 0.3) is 0 Å². The molecular weight excluding hydrogens is 262 g/mol. The van der Waals surface area contributed by atoms with Crippen LogP contribution in [0.15, 0.2) is 0 Å². The maximum Gasteiger partial charge on any atom is 0.312 e. The van der Waals surface area contributed by atoms with E-state index in [1.807, 2.05) is 0 Å². The summed E-state index contributed by atoms with van der Waals surface area (Å²) in [5, 5.41) is 11.8. The van der Waals surface area contributed by atoms with E-state index in [0.29, 0.717) is 0 Å². The second-order valence-corrected chi connectivity index (χ2v) is 4.16. The first-order chi connectivity index (χ1) is 9.08. The third-order valence-corrected chi connectivity index (χ3v) is 2.92. The lowest BCUT2D eigenvalue weighted by molar-refractivity contribution is -0.769. The van der Waals surface area contributed by atoms with Crippen molar-refractivity contribution in [3.8, 4) is 0 Å². The minimum Gasteiger partial charge on any atom is -0.371 e. The van der Waals surface area contributed by atoms with Gasteiger partial charge in [-0.15, -0.1) is 10.1 Å². The highest BCUT2D eigenvalue weighted by Gasteiger charge is 2.49. The standard InChI is InChI=1S/C9H15N3O7/c10-9(13)11-1-2-16-5-3-17-8-6(19-12(14)15)4-18-7(5)8/h5-8H,1-4H2,(H3,10,11,13)/t5-,6+,7+,8+/m0/s1.